The molecule has 1 heterocycles. The smallest absolute Gasteiger partial charge is 0.289 e. The molecule has 10 heteroatoms. The van der Waals surface area contributed by atoms with Crippen molar-refractivity contribution in [2.75, 3.05) is 18.1 Å². The Kier molecular flexibility index (Phi) is 4.82. The molecule has 0 radical (unpaired) electrons. The topological polar surface area (TPSA) is 138 Å². The molecule has 1 rings (SSSR count). The van der Waals surface area contributed by atoms with Crippen molar-refractivity contribution in [2.45, 2.75) is 19.4 Å². The van der Waals surface area contributed by atoms with Crippen molar-refractivity contribution in [3.8, 4) is 6.07 Å². The maximum atomic E-state index is 11.2. The summed E-state index contributed by atoms with van der Waals surface area (Å²) < 4.78 is 24.9. The Hall–Kier alpha value is -2.25. The van der Waals surface area contributed by atoms with Crippen molar-refractivity contribution in [3.63, 3.8) is 0 Å². The van der Waals surface area contributed by atoms with E-state index in [0.717, 1.165) is 18.5 Å². The Bertz CT molecular complexity index is 693. The van der Waals surface area contributed by atoms with Gasteiger partial charge in [-0.1, -0.05) is 0 Å². The third kappa shape index (κ3) is 5.33. The molecule has 0 unspecified atom stereocenters. The normalized spacial score (nSPS) is 11.7. The minimum atomic E-state index is -3.38. The van der Waals surface area contributed by atoms with E-state index in [9.17, 15) is 18.5 Å². The fourth-order valence-electron chi connectivity index (χ4n) is 1.62. The number of anilines is 1. The van der Waals surface area contributed by atoms with Gasteiger partial charge in [-0.15, -0.1) is 0 Å². The molecule has 1 aromatic rings. The average Bonchev–Trinajstić information content (AvgIpc) is 2.33. The summed E-state index contributed by atoms with van der Waals surface area (Å²) >= 11 is 0. The monoisotopic (exact) mass is 313 g/mol. The van der Waals surface area contributed by atoms with Crippen LogP contribution in [0.25, 0.3) is 0 Å². The number of nitrogens with one attached hydrogen (secondary N) is 2. The highest BCUT2D eigenvalue weighted by Crippen LogP contribution is 2.19. The van der Waals surface area contributed by atoms with E-state index in [4.69, 9.17) is 5.26 Å². The van der Waals surface area contributed by atoms with E-state index in [-0.39, 0.29) is 23.6 Å². The molecule has 0 bridgehead atoms. The molecule has 0 saturated carbocycles. The maximum absolute atomic E-state index is 11.2. The number of hydrogen-bond acceptors (Lipinski definition) is 7. The van der Waals surface area contributed by atoms with Crippen LogP contribution in [0.15, 0.2) is 12.3 Å². The van der Waals surface area contributed by atoms with Crippen LogP contribution in [0.4, 0.5) is 11.5 Å². The molecule has 0 aliphatic heterocycles. The second kappa shape index (κ2) is 6.02. The van der Waals surface area contributed by atoms with Crippen molar-refractivity contribution in [1.29, 1.82) is 5.26 Å². The summed E-state index contributed by atoms with van der Waals surface area (Å²) in [6, 6.07) is 2.91. The average molecular weight is 313 g/mol. The largest absolute Gasteiger partial charge is 0.367 e. The van der Waals surface area contributed by atoms with Crippen molar-refractivity contribution in [1.82, 2.24) is 9.71 Å². The lowest BCUT2D eigenvalue weighted by atomic mass is 10.1. The number of nitro groups is 1. The Balaban J connectivity index is 2.90. The van der Waals surface area contributed by atoms with Crippen molar-refractivity contribution < 1.29 is 13.3 Å². The van der Waals surface area contributed by atoms with Crippen LogP contribution in [0.2, 0.25) is 0 Å². The summed E-state index contributed by atoms with van der Waals surface area (Å²) in [7, 11) is -3.38. The van der Waals surface area contributed by atoms with E-state index in [0.29, 0.717) is 0 Å². The standard InChI is InChI=1S/C11H15N5O4S/c1-11(2,15-21(3,19)20)7-14-10-8(5-12)4-9(6-13-10)16(17)18/h4,6,15H,7H2,1-3H3,(H,13,14). The molecule has 2 N–H and O–H groups in total. The number of hydrogen-bond donors (Lipinski definition) is 2. The molecule has 114 valence electrons. The number of sulfonamides is 1. The molecular formula is C11H15N5O4S. The molecule has 0 atom stereocenters. The Labute approximate surface area is 122 Å². The summed E-state index contributed by atoms with van der Waals surface area (Å²) in [4.78, 5) is 13.8. The first-order chi connectivity index (χ1) is 9.54. The maximum Gasteiger partial charge on any atom is 0.289 e. The van der Waals surface area contributed by atoms with Gasteiger partial charge >= 0.3 is 0 Å². The summed E-state index contributed by atoms with van der Waals surface area (Å²) in [6.07, 6.45) is 2.07. The molecular weight excluding hydrogens is 298 g/mol. The molecule has 0 aliphatic carbocycles. The lowest BCUT2D eigenvalue weighted by Crippen LogP contribution is -2.47. The SMILES string of the molecule is CC(C)(CNc1ncc([N+](=O)[O-])cc1C#N)NS(C)(=O)=O. The van der Waals surface area contributed by atoms with Crippen LogP contribution >= 0.6 is 0 Å². The van der Waals surface area contributed by atoms with E-state index in [1.807, 2.05) is 6.07 Å². The van der Waals surface area contributed by atoms with E-state index in [2.05, 4.69) is 15.0 Å². The number of nitriles is 1. The third-order valence-electron chi connectivity index (χ3n) is 2.36. The Morgan fingerprint density at radius 3 is 2.62 bits per heavy atom. The van der Waals surface area contributed by atoms with Gasteiger partial charge in [-0.25, -0.2) is 18.1 Å². The van der Waals surface area contributed by atoms with Crippen molar-refractivity contribution in [3.05, 3.63) is 27.9 Å². The fraction of sp³-hybridized carbons (Fsp3) is 0.455. The van der Waals surface area contributed by atoms with Gasteiger partial charge in [0.1, 0.15) is 23.6 Å². The number of rotatable bonds is 6. The zero-order valence-corrected chi connectivity index (χ0v) is 12.6. The predicted octanol–water partition coefficient (Wildman–Crippen LogP) is 0.601. The van der Waals surface area contributed by atoms with E-state index >= 15 is 0 Å². The zero-order chi connectivity index (χ0) is 16.3. The van der Waals surface area contributed by atoms with Gasteiger partial charge in [0.2, 0.25) is 10.0 Å². The first-order valence-corrected chi connectivity index (χ1v) is 7.70. The van der Waals surface area contributed by atoms with Gasteiger partial charge in [-0.2, -0.15) is 5.26 Å². The van der Waals surface area contributed by atoms with Crippen LogP contribution in [0.3, 0.4) is 0 Å². The summed E-state index contributed by atoms with van der Waals surface area (Å²) in [6.45, 7) is 3.45. The van der Waals surface area contributed by atoms with Gasteiger partial charge in [0.25, 0.3) is 5.69 Å². The van der Waals surface area contributed by atoms with Gasteiger partial charge in [0.15, 0.2) is 0 Å². The highest BCUT2D eigenvalue weighted by molar-refractivity contribution is 7.88. The molecule has 0 spiro atoms. The van der Waals surface area contributed by atoms with Gasteiger partial charge < -0.3 is 5.32 Å². The van der Waals surface area contributed by atoms with E-state index < -0.39 is 20.5 Å². The molecule has 1 aromatic heterocycles. The molecule has 9 nitrogen and oxygen atoms in total. The van der Waals surface area contributed by atoms with Crippen LogP contribution in [-0.4, -0.2) is 36.7 Å². The zero-order valence-electron chi connectivity index (χ0n) is 11.7. The van der Waals surface area contributed by atoms with Gasteiger partial charge in [-0.05, 0) is 13.8 Å². The third-order valence-corrected chi connectivity index (χ3v) is 3.29. The van der Waals surface area contributed by atoms with Gasteiger partial charge in [0.05, 0.1) is 11.2 Å². The van der Waals surface area contributed by atoms with E-state index in [1.54, 1.807) is 13.8 Å². The highest BCUT2D eigenvalue weighted by Gasteiger charge is 2.23. The molecule has 0 amide bonds. The molecule has 0 aliphatic rings. The number of pyridine rings is 1. The Morgan fingerprint density at radius 1 is 1.52 bits per heavy atom. The lowest BCUT2D eigenvalue weighted by molar-refractivity contribution is -0.385. The Morgan fingerprint density at radius 2 is 2.14 bits per heavy atom. The van der Waals surface area contributed by atoms with Crippen LogP contribution in [0.1, 0.15) is 19.4 Å². The predicted molar refractivity (Wildman–Crippen MR) is 76.2 cm³/mol. The van der Waals surface area contributed by atoms with Crippen LogP contribution < -0.4 is 10.0 Å². The quantitative estimate of drug-likeness (QED) is 0.579. The van der Waals surface area contributed by atoms with Crippen LogP contribution in [-0.2, 0) is 10.0 Å². The molecule has 21 heavy (non-hydrogen) atoms. The lowest BCUT2D eigenvalue weighted by Gasteiger charge is -2.25. The van der Waals surface area contributed by atoms with Gasteiger partial charge in [0, 0.05) is 18.2 Å². The number of nitrogens with zero attached hydrogens (tertiary/aromatic N) is 3. The second-order valence-electron chi connectivity index (χ2n) is 5.07. The summed E-state index contributed by atoms with van der Waals surface area (Å²) in [5.41, 5.74) is -1.09. The minimum Gasteiger partial charge on any atom is -0.367 e. The minimum absolute atomic E-state index is 0.0133. The summed E-state index contributed by atoms with van der Waals surface area (Å²) in [5.74, 6) is 0.159. The number of aromatic nitrogens is 1. The first kappa shape index (κ1) is 16.8. The van der Waals surface area contributed by atoms with Gasteiger partial charge in [-0.3, -0.25) is 10.1 Å². The molecule has 0 aromatic carbocycles. The highest BCUT2D eigenvalue weighted by atomic mass is 32.2. The van der Waals surface area contributed by atoms with Crippen LogP contribution in [0.5, 0.6) is 0 Å². The molecule has 0 fully saturated rings. The molecule has 0 saturated heterocycles. The second-order valence-corrected chi connectivity index (χ2v) is 6.82. The van der Waals surface area contributed by atoms with Crippen molar-refractivity contribution in [2.24, 2.45) is 0 Å². The summed E-state index contributed by atoms with van der Waals surface area (Å²) in [5, 5.41) is 22.4. The fourth-order valence-corrected chi connectivity index (χ4v) is 2.70. The van der Waals surface area contributed by atoms with Crippen LogP contribution in [0, 0.1) is 21.4 Å². The van der Waals surface area contributed by atoms with E-state index in [1.165, 1.54) is 0 Å². The van der Waals surface area contributed by atoms with Crippen molar-refractivity contribution >= 4 is 21.5 Å². The first-order valence-electron chi connectivity index (χ1n) is 5.81.